The molecular weight excluding hydrogens is 696 g/mol. The first-order chi connectivity index (χ1) is 25.3. The maximum atomic E-state index is 11.9. The molecule has 0 bridgehead atoms. The van der Waals surface area contributed by atoms with Crippen LogP contribution in [0.3, 0.4) is 0 Å². The van der Waals surface area contributed by atoms with Gasteiger partial charge in [-0.2, -0.15) is 0 Å². The van der Waals surface area contributed by atoms with Crippen LogP contribution in [0.2, 0.25) is 0 Å². The Bertz CT molecular complexity index is 2160. The number of nitrogens with one attached hydrogen (secondary N) is 1. The van der Waals surface area contributed by atoms with E-state index in [1.807, 2.05) is 67.6 Å². The number of rotatable bonds is 3. The lowest BCUT2D eigenvalue weighted by atomic mass is 10.2. The Morgan fingerprint density at radius 2 is 1.06 bits per heavy atom. The maximum absolute atomic E-state index is 11.9. The number of hydrogen-bond acceptors (Lipinski definition) is 14. The molecule has 6 heterocycles. The second kappa shape index (κ2) is 16.8. The summed E-state index contributed by atoms with van der Waals surface area (Å²) in [5.41, 5.74) is 7.96. The van der Waals surface area contributed by atoms with Crippen molar-refractivity contribution in [1.29, 1.82) is 0 Å². The molecule has 0 aliphatic rings. The number of carbonyl (C=O) groups excluding carboxylic acids is 3. The van der Waals surface area contributed by atoms with Crippen molar-refractivity contribution >= 4 is 41.1 Å². The molecule has 284 valence electrons. The van der Waals surface area contributed by atoms with E-state index in [9.17, 15) is 14.4 Å². The van der Waals surface area contributed by atoms with Crippen molar-refractivity contribution in [3.05, 3.63) is 85.5 Å². The fraction of sp³-hybridized carbons (Fsp3) is 0.324. The Morgan fingerprint density at radius 3 is 1.50 bits per heavy atom. The first kappa shape index (κ1) is 40.1. The van der Waals surface area contributed by atoms with Crippen LogP contribution in [0, 0.1) is 0 Å². The minimum atomic E-state index is -1.06. The van der Waals surface area contributed by atoms with E-state index in [4.69, 9.17) is 19.9 Å². The molecule has 0 saturated heterocycles. The van der Waals surface area contributed by atoms with Crippen molar-refractivity contribution in [1.82, 2.24) is 39.2 Å². The van der Waals surface area contributed by atoms with Gasteiger partial charge in [0.15, 0.2) is 22.9 Å². The molecule has 1 amide bonds. The van der Waals surface area contributed by atoms with Crippen molar-refractivity contribution in [3.8, 4) is 23.0 Å². The van der Waals surface area contributed by atoms with Gasteiger partial charge >= 0.3 is 18.4 Å². The lowest BCUT2D eigenvalue weighted by molar-refractivity contribution is -0.0294. The first-order valence-corrected chi connectivity index (χ1v) is 16.7. The number of nitrogen functional groups attached to an aromatic ring is 1. The molecule has 6 aromatic rings. The summed E-state index contributed by atoms with van der Waals surface area (Å²) in [6.45, 7) is 15.5. The van der Waals surface area contributed by atoms with Gasteiger partial charge in [-0.15, -0.1) is 20.4 Å². The molecule has 17 nitrogen and oxygen atoms in total. The van der Waals surface area contributed by atoms with Crippen LogP contribution in [-0.2, 0) is 18.9 Å². The summed E-state index contributed by atoms with van der Waals surface area (Å²) in [5.74, 6) is 1.30. The van der Waals surface area contributed by atoms with E-state index in [-0.39, 0.29) is 0 Å². The highest BCUT2D eigenvalue weighted by atomic mass is 16.8. The average molecular weight is 741 g/mol. The summed E-state index contributed by atoms with van der Waals surface area (Å²) in [6, 6.07) is 18.4. The van der Waals surface area contributed by atoms with Crippen LogP contribution < -0.4 is 11.1 Å². The summed E-state index contributed by atoms with van der Waals surface area (Å²) in [4.78, 5) is 42.4. The quantitative estimate of drug-likeness (QED) is 0.103. The monoisotopic (exact) mass is 740 g/mol. The van der Waals surface area contributed by atoms with E-state index in [1.165, 1.54) is 0 Å². The summed E-state index contributed by atoms with van der Waals surface area (Å²) in [5, 5.41) is 19.1. The lowest BCUT2D eigenvalue weighted by Gasteiger charge is -2.20. The molecule has 0 aliphatic carbocycles. The van der Waals surface area contributed by atoms with Crippen LogP contribution in [0.1, 0.15) is 62.3 Å². The van der Waals surface area contributed by atoms with Gasteiger partial charge in [-0.3, -0.25) is 24.1 Å². The van der Waals surface area contributed by atoms with Crippen molar-refractivity contribution in [2.75, 3.05) is 11.1 Å². The van der Waals surface area contributed by atoms with Crippen LogP contribution >= 0.6 is 0 Å². The van der Waals surface area contributed by atoms with E-state index < -0.39 is 35.2 Å². The molecule has 17 heteroatoms. The summed E-state index contributed by atoms with van der Waals surface area (Å²) in [6.07, 6.45) is 4.32. The number of aromatic nitrogens is 8. The molecule has 3 N–H and O–H groups in total. The minimum absolute atomic E-state index is 0.510. The zero-order valence-corrected chi connectivity index (χ0v) is 31.6. The smallest absolute Gasteiger partial charge is 0.444 e. The zero-order valence-electron chi connectivity index (χ0n) is 31.6. The number of nitrogens with two attached hydrogens (primary N) is 1. The van der Waals surface area contributed by atoms with Gasteiger partial charge in [0.25, 0.3) is 0 Å². The predicted octanol–water partition coefficient (Wildman–Crippen LogP) is 7.39. The Hall–Kier alpha value is -6.65. The highest BCUT2D eigenvalue weighted by Gasteiger charge is 2.24. The van der Waals surface area contributed by atoms with Gasteiger partial charge in [0.1, 0.15) is 28.2 Å². The number of amides is 1. The Balaban J connectivity index is 0.000000187. The summed E-state index contributed by atoms with van der Waals surface area (Å²) >= 11 is 0. The molecule has 0 spiro atoms. The molecule has 0 fully saturated rings. The number of pyridine rings is 4. The topological polar surface area (TPSA) is 212 Å². The molecule has 0 atom stereocenters. The second-order valence-electron chi connectivity index (χ2n) is 14.5. The van der Waals surface area contributed by atoms with Crippen LogP contribution in [0.4, 0.5) is 25.8 Å². The van der Waals surface area contributed by atoms with Crippen molar-refractivity contribution in [2.24, 2.45) is 0 Å². The fourth-order valence-corrected chi connectivity index (χ4v) is 4.24. The molecule has 54 heavy (non-hydrogen) atoms. The normalized spacial score (nSPS) is 11.4. The van der Waals surface area contributed by atoms with Crippen LogP contribution in [0.5, 0.6) is 0 Å². The third kappa shape index (κ3) is 12.5. The third-order valence-corrected chi connectivity index (χ3v) is 6.21. The number of hydrogen-bond donors (Lipinski definition) is 2. The highest BCUT2D eigenvalue weighted by Crippen LogP contribution is 2.20. The van der Waals surface area contributed by atoms with Gasteiger partial charge in [0, 0.05) is 30.5 Å². The van der Waals surface area contributed by atoms with Crippen LogP contribution in [0.25, 0.3) is 34.3 Å². The van der Waals surface area contributed by atoms with Crippen molar-refractivity contribution in [2.45, 2.75) is 79.1 Å². The van der Waals surface area contributed by atoms with Gasteiger partial charge < -0.3 is 24.7 Å². The van der Waals surface area contributed by atoms with Crippen molar-refractivity contribution < 1.29 is 33.3 Å². The molecule has 6 rings (SSSR count). The van der Waals surface area contributed by atoms with E-state index in [0.717, 1.165) is 11.3 Å². The fourth-order valence-electron chi connectivity index (χ4n) is 4.24. The number of ether oxygens (including phenoxy) is 4. The molecular formula is C37H44N10O7. The van der Waals surface area contributed by atoms with E-state index in [0.29, 0.717) is 34.4 Å². The molecule has 0 saturated carbocycles. The zero-order chi connectivity index (χ0) is 39.7. The van der Waals surface area contributed by atoms with Gasteiger partial charge in [-0.1, -0.05) is 12.1 Å². The van der Waals surface area contributed by atoms with Gasteiger partial charge in [0.05, 0.1) is 5.69 Å². The lowest BCUT2D eigenvalue weighted by Crippen LogP contribution is -2.29. The molecule has 0 aliphatic heterocycles. The maximum Gasteiger partial charge on any atom is 0.519 e. The Kier molecular flexibility index (Phi) is 12.5. The number of nitrogens with zero attached hydrogens (tertiary/aromatic N) is 8. The number of anilines is 2. The predicted molar refractivity (Wildman–Crippen MR) is 200 cm³/mol. The number of carbonyl (C=O) groups is 3. The van der Waals surface area contributed by atoms with Gasteiger partial charge in [0.2, 0.25) is 0 Å². The minimum Gasteiger partial charge on any atom is -0.444 e. The molecule has 6 aromatic heterocycles. The van der Waals surface area contributed by atoms with Gasteiger partial charge in [-0.05, 0) is 111 Å². The second-order valence-corrected chi connectivity index (χ2v) is 14.5. The largest absolute Gasteiger partial charge is 0.519 e. The Labute approximate surface area is 311 Å². The Morgan fingerprint density at radius 1 is 0.593 bits per heavy atom. The summed E-state index contributed by atoms with van der Waals surface area (Å²) < 4.78 is 22.7. The summed E-state index contributed by atoms with van der Waals surface area (Å²) in [7, 11) is 0. The molecule has 0 aromatic carbocycles. The van der Waals surface area contributed by atoms with Crippen molar-refractivity contribution in [3.63, 3.8) is 0 Å². The van der Waals surface area contributed by atoms with Crippen LogP contribution in [-0.4, -0.2) is 74.4 Å². The SMILES string of the molecule is CC(C)(C)OC(=O)Nc1ccc2nnc(-c3ccccn3)n2c1.CC(C)(C)OC(=O)OC(=O)OC(C)(C)C.Nc1ccc2nnc(-c3ccccn3)n2c1. The average Bonchev–Trinajstić information content (AvgIpc) is 3.67. The van der Waals surface area contributed by atoms with Crippen LogP contribution in [0.15, 0.2) is 85.5 Å². The van der Waals surface area contributed by atoms with E-state index >= 15 is 0 Å². The third-order valence-electron chi connectivity index (χ3n) is 6.21. The standard InChI is InChI=1S/C16H17N5O2.C11H9N5.C10H18O5/c1-16(2,3)23-15(22)18-11-7-8-13-19-20-14(21(13)10-11)12-6-4-5-9-17-12;12-8-4-5-10-14-15-11(16(10)7-8)9-3-1-2-6-13-9;1-9(2,3)14-7(11)13-8(12)15-10(4,5)6/h4-10H,1-3H3,(H,18,22);1-7H,12H2;1-6H3. The number of fused-ring (bicyclic) bond motifs is 2. The van der Waals surface area contributed by atoms with E-state index in [2.05, 4.69) is 40.4 Å². The molecule has 0 radical (unpaired) electrons. The molecule has 0 unspecified atom stereocenters. The highest BCUT2D eigenvalue weighted by molar-refractivity contribution is 5.85. The van der Waals surface area contributed by atoms with E-state index in [1.54, 1.807) is 88.9 Å². The first-order valence-electron chi connectivity index (χ1n) is 16.7. The van der Waals surface area contributed by atoms with Gasteiger partial charge in [-0.25, -0.2) is 14.4 Å².